The number of rotatable bonds is 3. The molecule has 0 unspecified atom stereocenters. The van der Waals surface area contributed by atoms with Crippen LogP contribution in [-0.2, 0) is 0 Å². The van der Waals surface area contributed by atoms with E-state index in [9.17, 15) is 0 Å². The number of allylic oxidation sites excluding steroid dienone is 1. The van der Waals surface area contributed by atoms with Crippen molar-refractivity contribution in [3.05, 3.63) is 83.7 Å². The minimum Gasteiger partial charge on any atom is -0.320 e. The second-order valence-electron chi connectivity index (χ2n) is 6.92. The Labute approximate surface area is 160 Å². The van der Waals surface area contributed by atoms with Crippen molar-refractivity contribution in [3.8, 4) is 34.9 Å². The quantitative estimate of drug-likeness (QED) is 0.395. The number of pyridine rings is 1. The molecule has 4 rings (SSSR count). The van der Waals surface area contributed by atoms with Gasteiger partial charge in [-0.2, -0.15) is 0 Å². The zero-order valence-corrected chi connectivity index (χ0v) is 15.9. The molecular weight excluding hydrogens is 328 g/mol. The van der Waals surface area contributed by atoms with Crippen molar-refractivity contribution in [1.29, 1.82) is 0 Å². The molecule has 2 nitrogen and oxygen atoms in total. The molecule has 0 spiro atoms. The van der Waals surface area contributed by atoms with Crippen LogP contribution in [-0.4, -0.2) is 8.97 Å². The summed E-state index contributed by atoms with van der Waals surface area (Å²) in [7, 11) is 0. The minimum absolute atomic E-state index is 1.17. The lowest BCUT2D eigenvalue weighted by molar-refractivity contribution is 1.09. The first-order valence-corrected chi connectivity index (χ1v) is 9.09. The van der Waals surface area contributed by atoms with Gasteiger partial charge in [0.15, 0.2) is 0 Å². The normalized spacial score (nSPS) is 11.3. The number of hydrogen-bond donors (Lipinski definition) is 0. The third-order valence-corrected chi connectivity index (χ3v) is 5.04. The van der Waals surface area contributed by atoms with Crippen LogP contribution in [0.2, 0.25) is 0 Å². The van der Waals surface area contributed by atoms with Gasteiger partial charge in [0, 0.05) is 29.7 Å². The average Bonchev–Trinajstić information content (AvgIpc) is 3.15. The maximum Gasteiger partial charge on any atom is 0.0557 e. The number of fused-ring (bicyclic) bond motifs is 1. The summed E-state index contributed by atoms with van der Waals surface area (Å²) < 4.78 is 4.40. The third-order valence-electron chi connectivity index (χ3n) is 5.04. The molecule has 0 amide bonds. The molecule has 0 fully saturated rings. The number of aromatic nitrogens is 2. The van der Waals surface area contributed by atoms with Crippen molar-refractivity contribution in [2.75, 3.05) is 0 Å². The molecule has 0 saturated carbocycles. The first kappa shape index (κ1) is 17.0. The molecule has 0 bridgehead atoms. The van der Waals surface area contributed by atoms with Crippen molar-refractivity contribution in [3.63, 3.8) is 0 Å². The molecule has 4 aromatic rings. The zero-order valence-electron chi connectivity index (χ0n) is 15.9. The van der Waals surface area contributed by atoms with E-state index in [0.29, 0.717) is 0 Å². The fourth-order valence-corrected chi connectivity index (χ4v) is 3.90. The lowest BCUT2D eigenvalue weighted by Crippen LogP contribution is -1.94. The molecule has 0 aliphatic carbocycles. The van der Waals surface area contributed by atoms with E-state index < -0.39 is 0 Å². The van der Waals surface area contributed by atoms with Gasteiger partial charge >= 0.3 is 0 Å². The Bertz CT molecular complexity index is 1190. The number of nitrogens with zero attached hydrogens (tertiary/aromatic N) is 2. The maximum absolute atomic E-state index is 5.40. The zero-order chi connectivity index (χ0) is 19.0. The summed E-state index contributed by atoms with van der Waals surface area (Å²) in [5, 5.41) is 0. The van der Waals surface area contributed by atoms with Crippen LogP contribution in [0.25, 0.3) is 34.2 Å². The van der Waals surface area contributed by atoms with Crippen LogP contribution >= 0.6 is 0 Å². The summed E-state index contributed by atoms with van der Waals surface area (Å²) in [5.74, 6) is 2.58. The van der Waals surface area contributed by atoms with Crippen molar-refractivity contribution < 1.29 is 0 Å². The van der Waals surface area contributed by atoms with Crippen LogP contribution in [0.4, 0.5) is 0 Å². The van der Waals surface area contributed by atoms with Crippen LogP contribution < -0.4 is 0 Å². The van der Waals surface area contributed by atoms with Crippen LogP contribution in [0.5, 0.6) is 0 Å². The molecule has 3 aromatic heterocycles. The van der Waals surface area contributed by atoms with Gasteiger partial charge in [0.2, 0.25) is 0 Å². The predicted molar refractivity (Wildman–Crippen MR) is 115 cm³/mol. The molecule has 0 aliphatic heterocycles. The van der Waals surface area contributed by atoms with Crippen molar-refractivity contribution >= 4 is 11.7 Å². The third kappa shape index (κ3) is 2.88. The van der Waals surface area contributed by atoms with Gasteiger partial charge in [0.05, 0.1) is 11.4 Å². The van der Waals surface area contributed by atoms with Gasteiger partial charge in [-0.15, -0.1) is 6.42 Å². The molecular formula is C25H22N2. The lowest BCUT2D eigenvalue weighted by Gasteiger charge is -2.10. The Balaban J connectivity index is 1.81. The fraction of sp³-hybridized carbons (Fsp3) is 0.120. The van der Waals surface area contributed by atoms with E-state index in [2.05, 4.69) is 96.5 Å². The lowest BCUT2D eigenvalue weighted by atomic mass is 10.0. The summed E-state index contributed by atoms with van der Waals surface area (Å²) in [4.78, 5) is 0. The second kappa shape index (κ2) is 6.70. The Morgan fingerprint density at radius 3 is 2.22 bits per heavy atom. The van der Waals surface area contributed by atoms with Crippen LogP contribution in [0.15, 0.2) is 66.9 Å². The molecule has 0 saturated heterocycles. The van der Waals surface area contributed by atoms with E-state index in [4.69, 9.17) is 6.42 Å². The van der Waals surface area contributed by atoms with Crippen LogP contribution in [0.1, 0.15) is 16.8 Å². The topological polar surface area (TPSA) is 9.34 Å². The molecule has 27 heavy (non-hydrogen) atoms. The number of hydrogen-bond acceptors (Lipinski definition) is 0. The highest BCUT2D eigenvalue weighted by Crippen LogP contribution is 2.32. The summed E-state index contributed by atoms with van der Waals surface area (Å²) >= 11 is 0. The van der Waals surface area contributed by atoms with Crippen LogP contribution in [0, 0.1) is 33.1 Å². The second-order valence-corrected chi connectivity index (χ2v) is 6.92. The average molecular weight is 350 g/mol. The number of aryl methyl sites for hydroxylation is 3. The van der Waals surface area contributed by atoms with E-state index in [-0.39, 0.29) is 0 Å². The first-order valence-electron chi connectivity index (χ1n) is 9.09. The molecule has 3 heterocycles. The van der Waals surface area contributed by atoms with Crippen molar-refractivity contribution in [1.82, 2.24) is 8.97 Å². The van der Waals surface area contributed by atoms with E-state index in [1.54, 1.807) is 6.08 Å². The molecule has 0 N–H and O–H groups in total. The Hall–Kier alpha value is -3.44. The highest BCUT2D eigenvalue weighted by Gasteiger charge is 2.12. The van der Waals surface area contributed by atoms with Gasteiger partial charge in [0.1, 0.15) is 0 Å². The molecule has 132 valence electrons. The molecule has 0 aliphatic rings. The minimum atomic E-state index is 1.17. The van der Waals surface area contributed by atoms with Gasteiger partial charge in [-0.25, -0.2) is 0 Å². The largest absolute Gasteiger partial charge is 0.320 e. The predicted octanol–water partition coefficient (Wildman–Crippen LogP) is 6.10. The smallest absolute Gasteiger partial charge is 0.0557 e. The molecule has 0 atom stereocenters. The summed E-state index contributed by atoms with van der Waals surface area (Å²) in [6.07, 6.45) is 11.2. The maximum atomic E-state index is 5.40. The number of benzene rings is 1. The SMILES string of the molecule is C#CC=Cn1c(C)cc(C)c1-c1ccc(-c2c(C)cc3ccccn23)cc1. The summed E-state index contributed by atoms with van der Waals surface area (Å²) in [6, 6.07) is 19.5. The highest BCUT2D eigenvalue weighted by molar-refractivity contribution is 5.75. The summed E-state index contributed by atoms with van der Waals surface area (Å²) in [5.41, 5.74) is 9.74. The van der Waals surface area contributed by atoms with Gasteiger partial charge < -0.3 is 8.97 Å². The van der Waals surface area contributed by atoms with Gasteiger partial charge in [-0.05, 0) is 67.3 Å². The van der Waals surface area contributed by atoms with Crippen molar-refractivity contribution in [2.24, 2.45) is 0 Å². The summed E-state index contributed by atoms with van der Waals surface area (Å²) in [6.45, 7) is 6.41. The van der Waals surface area contributed by atoms with Crippen LogP contribution in [0.3, 0.4) is 0 Å². The van der Waals surface area contributed by atoms with E-state index >= 15 is 0 Å². The molecule has 0 radical (unpaired) electrons. The highest BCUT2D eigenvalue weighted by atomic mass is 15.0. The van der Waals surface area contributed by atoms with E-state index in [1.165, 1.54) is 44.9 Å². The van der Waals surface area contributed by atoms with Crippen molar-refractivity contribution in [2.45, 2.75) is 20.8 Å². The van der Waals surface area contributed by atoms with E-state index in [1.807, 2.05) is 6.20 Å². The first-order chi connectivity index (χ1) is 13.1. The van der Waals surface area contributed by atoms with Gasteiger partial charge in [0.25, 0.3) is 0 Å². The Morgan fingerprint density at radius 2 is 1.52 bits per heavy atom. The standard InChI is InChI=1S/C25H22N2/c1-5-6-14-26-20(4)16-18(2)24(26)21-10-12-22(13-11-21)25-19(3)17-23-9-7-8-15-27(23)25/h1,6-17H,2-4H3. The molecule has 1 aromatic carbocycles. The fourth-order valence-electron chi connectivity index (χ4n) is 3.90. The van der Waals surface area contributed by atoms with Gasteiger partial charge in [-0.3, -0.25) is 0 Å². The van der Waals surface area contributed by atoms with Gasteiger partial charge in [-0.1, -0.05) is 36.3 Å². The number of terminal acetylenes is 1. The molecule has 2 heteroatoms. The Kier molecular flexibility index (Phi) is 4.22. The monoisotopic (exact) mass is 350 g/mol. The Morgan fingerprint density at radius 1 is 0.852 bits per heavy atom. The van der Waals surface area contributed by atoms with E-state index in [0.717, 1.165) is 0 Å².